The number of hydrogen-bond acceptors (Lipinski definition) is 4. The number of esters is 1. The first-order valence-electron chi connectivity index (χ1n) is 5.38. The number of nitrogens with zero attached hydrogens (tertiary/aromatic N) is 1. The molecule has 0 aromatic rings. The van der Waals surface area contributed by atoms with Gasteiger partial charge in [0.2, 0.25) is 0 Å². The molecular weight excluding hydrogens is 212 g/mol. The maximum atomic E-state index is 11.5. The topological polar surface area (TPSA) is 67.9 Å². The van der Waals surface area contributed by atoms with Crippen LogP contribution in [0, 0.1) is 0 Å². The highest BCUT2D eigenvalue weighted by Gasteiger charge is 2.25. The lowest BCUT2D eigenvalue weighted by Crippen LogP contribution is -2.50. The van der Waals surface area contributed by atoms with Crippen LogP contribution in [0.15, 0.2) is 0 Å². The van der Waals surface area contributed by atoms with Gasteiger partial charge in [-0.25, -0.2) is 4.79 Å². The smallest absolute Gasteiger partial charge is 0.317 e. The molecule has 1 saturated heterocycles. The zero-order valence-corrected chi connectivity index (χ0v) is 9.69. The molecule has 1 N–H and O–H groups in total. The van der Waals surface area contributed by atoms with E-state index in [0.717, 1.165) is 0 Å². The summed E-state index contributed by atoms with van der Waals surface area (Å²) in [6.45, 7) is 3.91. The second kappa shape index (κ2) is 6.32. The van der Waals surface area contributed by atoms with Gasteiger partial charge in [-0.2, -0.15) is 0 Å². The molecule has 92 valence electrons. The lowest BCUT2D eigenvalue weighted by molar-refractivity contribution is -0.145. The molecule has 2 amide bonds. The molecule has 1 fully saturated rings. The number of hydrogen-bond donors (Lipinski definition) is 1. The third-order valence-corrected chi connectivity index (χ3v) is 2.38. The molecule has 0 saturated carbocycles. The van der Waals surface area contributed by atoms with Gasteiger partial charge < -0.3 is 19.7 Å². The van der Waals surface area contributed by atoms with Crippen LogP contribution in [0.3, 0.4) is 0 Å². The van der Waals surface area contributed by atoms with Gasteiger partial charge in [0.1, 0.15) is 0 Å². The highest BCUT2D eigenvalue weighted by Crippen LogP contribution is 2.09. The van der Waals surface area contributed by atoms with Crippen LogP contribution in [0.5, 0.6) is 0 Å². The Morgan fingerprint density at radius 1 is 1.56 bits per heavy atom. The number of rotatable bonds is 3. The fraction of sp³-hybridized carbons (Fsp3) is 0.800. The standard InChI is InChI=1S/C10H18N2O4/c1-3-11-10(14)12-4-5-16-8(7-12)6-9(13)15-2/h8H,3-7H2,1-2H3,(H,11,14). The van der Waals surface area contributed by atoms with E-state index in [9.17, 15) is 9.59 Å². The minimum atomic E-state index is -0.317. The van der Waals surface area contributed by atoms with Crippen LogP contribution in [0.4, 0.5) is 4.79 Å². The van der Waals surface area contributed by atoms with Gasteiger partial charge in [0.05, 0.1) is 26.2 Å². The number of methoxy groups -OCH3 is 1. The van der Waals surface area contributed by atoms with Gasteiger partial charge in [-0.05, 0) is 6.92 Å². The SMILES string of the molecule is CCNC(=O)N1CCOC(CC(=O)OC)C1. The predicted octanol–water partition coefficient (Wildman–Crippen LogP) is -0.0202. The summed E-state index contributed by atoms with van der Waals surface area (Å²) in [5.74, 6) is -0.317. The van der Waals surface area contributed by atoms with E-state index < -0.39 is 0 Å². The Morgan fingerprint density at radius 3 is 2.94 bits per heavy atom. The Morgan fingerprint density at radius 2 is 2.31 bits per heavy atom. The summed E-state index contributed by atoms with van der Waals surface area (Å²) >= 11 is 0. The van der Waals surface area contributed by atoms with Crippen LogP contribution < -0.4 is 5.32 Å². The Hall–Kier alpha value is -1.30. The zero-order valence-electron chi connectivity index (χ0n) is 9.69. The Bertz CT molecular complexity index is 257. The van der Waals surface area contributed by atoms with Crippen molar-refractivity contribution < 1.29 is 19.1 Å². The third kappa shape index (κ3) is 3.69. The first-order chi connectivity index (χ1) is 7.67. The summed E-state index contributed by atoms with van der Waals surface area (Å²) in [5.41, 5.74) is 0. The molecule has 0 bridgehead atoms. The molecule has 0 radical (unpaired) electrons. The van der Waals surface area contributed by atoms with Crippen LogP contribution >= 0.6 is 0 Å². The van der Waals surface area contributed by atoms with E-state index in [4.69, 9.17) is 4.74 Å². The quantitative estimate of drug-likeness (QED) is 0.692. The fourth-order valence-corrected chi connectivity index (χ4v) is 1.56. The summed E-state index contributed by atoms with van der Waals surface area (Å²) < 4.78 is 9.94. The molecule has 16 heavy (non-hydrogen) atoms. The van der Waals surface area contributed by atoms with E-state index in [2.05, 4.69) is 10.1 Å². The minimum absolute atomic E-state index is 0.110. The number of carbonyl (C=O) groups excluding carboxylic acids is 2. The number of morpholine rings is 1. The average Bonchev–Trinajstić information content (AvgIpc) is 2.29. The molecular formula is C10H18N2O4. The second-order valence-corrected chi connectivity index (χ2v) is 3.55. The monoisotopic (exact) mass is 230 g/mol. The Labute approximate surface area is 94.9 Å². The van der Waals surface area contributed by atoms with Crippen molar-refractivity contribution in [3.05, 3.63) is 0 Å². The Kier molecular flexibility index (Phi) is 5.04. The van der Waals surface area contributed by atoms with E-state index in [0.29, 0.717) is 26.2 Å². The highest BCUT2D eigenvalue weighted by molar-refractivity contribution is 5.74. The zero-order chi connectivity index (χ0) is 12.0. The molecule has 0 aliphatic carbocycles. The number of nitrogens with one attached hydrogen (secondary N) is 1. The van der Waals surface area contributed by atoms with E-state index in [1.165, 1.54) is 7.11 Å². The van der Waals surface area contributed by atoms with E-state index in [1.807, 2.05) is 6.92 Å². The molecule has 1 rings (SSSR count). The largest absolute Gasteiger partial charge is 0.469 e. The van der Waals surface area contributed by atoms with Gasteiger partial charge in [-0.1, -0.05) is 0 Å². The van der Waals surface area contributed by atoms with E-state index in [-0.39, 0.29) is 24.5 Å². The van der Waals surface area contributed by atoms with Crippen molar-refractivity contribution in [2.24, 2.45) is 0 Å². The molecule has 1 unspecified atom stereocenters. The summed E-state index contributed by atoms with van der Waals surface area (Å²) in [6, 6.07) is -0.110. The highest BCUT2D eigenvalue weighted by atomic mass is 16.5. The molecule has 1 heterocycles. The number of carbonyl (C=O) groups is 2. The predicted molar refractivity (Wildman–Crippen MR) is 57.0 cm³/mol. The van der Waals surface area contributed by atoms with Gasteiger partial charge in [0.25, 0.3) is 0 Å². The van der Waals surface area contributed by atoms with Crippen molar-refractivity contribution in [2.75, 3.05) is 33.4 Å². The van der Waals surface area contributed by atoms with Crippen molar-refractivity contribution in [1.29, 1.82) is 0 Å². The van der Waals surface area contributed by atoms with E-state index in [1.54, 1.807) is 4.90 Å². The summed E-state index contributed by atoms with van der Waals surface area (Å²) in [5, 5.41) is 2.72. The van der Waals surface area contributed by atoms with Crippen LogP contribution in [-0.4, -0.2) is 56.4 Å². The molecule has 6 heteroatoms. The molecule has 1 aliphatic rings. The molecule has 1 atom stereocenters. The minimum Gasteiger partial charge on any atom is -0.469 e. The Balaban J connectivity index is 2.40. The normalized spacial score (nSPS) is 20.4. The lowest BCUT2D eigenvalue weighted by atomic mass is 10.2. The van der Waals surface area contributed by atoms with Gasteiger partial charge in [0.15, 0.2) is 0 Å². The summed E-state index contributed by atoms with van der Waals surface area (Å²) in [6.07, 6.45) is -0.0735. The summed E-state index contributed by atoms with van der Waals surface area (Å²) in [4.78, 5) is 24.3. The van der Waals surface area contributed by atoms with Crippen LogP contribution in [-0.2, 0) is 14.3 Å². The first-order valence-corrected chi connectivity index (χ1v) is 5.38. The first kappa shape index (κ1) is 12.8. The summed E-state index contributed by atoms with van der Waals surface area (Å²) in [7, 11) is 1.34. The molecule has 0 spiro atoms. The molecule has 1 aliphatic heterocycles. The van der Waals surface area contributed by atoms with Crippen LogP contribution in [0.2, 0.25) is 0 Å². The van der Waals surface area contributed by atoms with Gasteiger partial charge in [0, 0.05) is 19.6 Å². The maximum Gasteiger partial charge on any atom is 0.317 e. The van der Waals surface area contributed by atoms with Gasteiger partial charge in [-0.3, -0.25) is 4.79 Å². The van der Waals surface area contributed by atoms with E-state index >= 15 is 0 Å². The molecule has 0 aromatic heterocycles. The maximum absolute atomic E-state index is 11.5. The number of ether oxygens (including phenoxy) is 2. The fourth-order valence-electron chi connectivity index (χ4n) is 1.56. The number of urea groups is 1. The van der Waals surface area contributed by atoms with Gasteiger partial charge >= 0.3 is 12.0 Å². The van der Waals surface area contributed by atoms with Crippen molar-refractivity contribution in [1.82, 2.24) is 10.2 Å². The lowest BCUT2D eigenvalue weighted by Gasteiger charge is -2.32. The van der Waals surface area contributed by atoms with Crippen LogP contribution in [0.1, 0.15) is 13.3 Å². The van der Waals surface area contributed by atoms with Crippen molar-refractivity contribution in [3.8, 4) is 0 Å². The molecule has 0 aromatic carbocycles. The second-order valence-electron chi connectivity index (χ2n) is 3.55. The average molecular weight is 230 g/mol. The van der Waals surface area contributed by atoms with Crippen LogP contribution in [0.25, 0.3) is 0 Å². The van der Waals surface area contributed by atoms with Crippen molar-refractivity contribution in [3.63, 3.8) is 0 Å². The molecule has 6 nitrogen and oxygen atoms in total. The van der Waals surface area contributed by atoms with Gasteiger partial charge in [-0.15, -0.1) is 0 Å². The number of amides is 2. The van der Waals surface area contributed by atoms with Crippen molar-refractivity contribution >= 4 is 12.0 Å². The third-order valence-electron chi connectivity index (χ3n) is 2.38. The van der Waals surface area contributed by atoms with Crippen molar-refractivity contribution in [2.45, 2.75) is 19.4 Å².